The summed E-state index contributed by atoms with van der Waals surface area (Å²) in [5.74, 6) is -0.692. The van der Waals surface area contributed by atoms with E-state index in [1.54, 1.807) is 12.1 Å². The summed E-state index contributed by atoms with van der Waals surface area (Å²) in [5, 5.41) is 31.2. The Morgan fingerprint density at radius 1 is 1.17 bits per heavy atom. The van der Waals surface area contributed by atoms with E-state index in [9.17, 15) is 15.3 Å². The van der Waals surface area contributed by atoms with Crippen molar-refractivity contribution in [1.29, 1.82) is 0 Å². The zero-order valence-electron chi connectivity index (χ0n) is 15.8. The highest BCUT2D eigenvalue weighted by Crippen LogP contribution is 2.40. The van der Waals surface area contributed by atoms with Crippen LogP contribution in [0.15, 0.2) is 43.6 Å². The predicted molar refractivity (Wildman–Crippen MR) is 99.2 cm³/mol. The molecule has 2 aromatic carbocycles. The summed E-state index contributed by atoms with van der Waals surface area (Å²) in [6.07, 6.45) is -2.42. The summed E-state index contributed by atoms with van der Waals surface area (Å²) in [7, 11) is 0. The average Bonchev–Trinajstić information content (AvgIpc) is 3.02. The van der Waals surface area contributed by atoms with Gasteiger partial charge >= 0.3 is 0 Å². The van der Waals surface area contributed by atoms with Crippen molar-refractivity contribution in [1.82, 2.24) is 0 Å². The van der Waals surface area contributed by atoms with Crippen LogP contribution in [0, 0.1) is 6.92 Å². The molecule has 1 aromatic heterocycles. The summed E-state index contributed by atoms with van der Waals surface area (Å²) in [6.45, 7) is 3.32. The molecule has 0 saturated heterocycles. The van der Waals surface area contributed by atoms with Gasteiger partial charge in [0.15, 0.2) is 0 Å². The lowest BCUT2D eigenvalue weighted by atomic mass is 9.96. The standard InChI is InChI=1S/C18H16Br2O4/c1-8-13(19)5-10(6-14(8)20)17(23)16-12-7-11(22)3-4-15(12)24-18(16)9(2)21/h3-7,9,17,21-23H,1-2H3/i3D,4D,7D. The molecule has 24 heavy (non-hydrogen) atoms. The third-order valence-corrected chi connectivity index (χ3v) is 5.43. The highest BCUT2D eigenvalue weighted by Gasteiger charge is 2.26. The van der Waals surface area contributed by atoms with Crippen LogP contribution in [-0.2, 0) is 0 Å². The molecule has 2 unspecified atom stereocenters. The molecule has 3 rings (SSSR count). The van der Waals surface area contributed by atoms with Crippen molar-refractivity contribution in [3.8, 4) is 5.75 Å². The smallest absolute Gasteiger partial charge is 0.139 e. The molecule has 0 aliphatic rings. The first kappa shape index (κ1) is 13.9. The van der Waals surface area contributed by atoms with E-state index < -0.39 is 36.1 Å². The Labute approximate surface area is 160 Å². The predicted octanol–water partition coefficient (Wildman–Crippen LogP) is 5.11. The second kappa shape index (κ2) is 6.52. The van der Waals surface area contributed by atoms with Crippen molar-refractivity contribution in [3.05, 3.63) is 61.7 Å². The molecule has 0 fully saturated rings. The number of halogens is 2. The monoisotopic (exact) mass is 457 g/mol. The normalized spacial score (nSPS) is 15.8. The largest absolute Gasteiger partial charge is 0.508 e. The first-order valence-corrected chi connectivity index (χ1v) is 8.71. The van der Waals surface area contributed by atoms with Gasteiger partial charge in [0.1, 0.15) is 29.3 Å². The number of hydrogen-bond donors (Lipinski definition) is 3. The van der Waals surface area contributed by atoms with Gasteiger partial charge in [0.05, 0.1) is 4.11 Å². The van der Waals surface area contributed by atoms with E-state index in [2.05, 4.69) is 31.9 Å². The van der Waals surface area contributed by atoms with E-state index in [-0.39, 0.29) is 22.3 Å². The summed E-state index contributed by atoms with van der Waals surface area (Å²) in [5.41, 5.74) is 1.36. The molecule has 3 aromatic rings. The third kappa shape index (κ3) is 2.99. The highest BCUT2D eigenvalue weighted by atomic mass is 79.9. The molecule has 0 amide bonds. The van der Waals surface area contributed by atoms with Crippen LogP contribution in [0.25, 0.3) is 11.0 Å². The van der Waals surface area contributed by atoms with Crippen LogP contribution in [-0.4, -0.2) is 15.3 Å². The number of aliphatic hydroxyl groups is 2. The first-order chi connectivity index (χ1) is 12.6. The number of aromatic hydroxyl groups is 1. The van der Waals surface area contributed by atoms with Crippen LogP contribution in [0.5, 0.6) is 5.75 Å². The Hall–Kier alpha value is -1.34. The molecule has 0 spiro atoms. The fourth-order valence-corrected chi connectivity index (χ4v) is 3.73. The van der Waals surface area contributed by atoms with Crippen molar-refractivity contribution in [2.45, 2.75) is 26.1 Å². The highest BCUT2D eigenvalue weighted by molar-refractivity contribution is 9.11. The molecule has 6 heteroatoms. The Morgan fingerprint density at radius 2 is 1.79 bits per heavy atom. The molecule has 0 saturated carbocycles. The second-order valence-electron chi connectivity index (χ2n) is 5.50. The Bertz CT molecular complexity index is 1040. The number of hydrogen-bond acceptors (Lipinski definition) is 4. The SMILES string of the molecule is [2H]c1c(O)c([2H])c2c(C(O)c3cc(Br)c(C)c(Br)c3)c(C(C)O)oc2c1[2H]. The van der Waals surface area contributed by atoms with Crippen LogP contribution in [0.2, 0.25) is 0 Å². The van der Waals surface area contributed by atoms with E-state index in [0.29, 0.717) is 5.56 Å². The lowest BCUT2D eigenvalue weighted by Gasteiger charge is -2.15. The maximum atomic E-state index is 11.0. The van der Waals surface area contributed by atoms with E-state index in [1.807, 2.05) is 6.92 Å². The van der Waals surface area contributed by atoms with Crippen LogP contribution in [0.4, 0.5) is 0 Å². The maximum Gasteiger partial charge on any atom is 0.139 e. The first-order valence-electron chi connectivity index (χ1n) is 8.62. The molecular formula is C18H16Br2O4. The van der Waals surface area contributed by atoms with Gasteiger partial charge in [0.2, 0.25) is 0 Å². The van der Waals surface area contributed by atoms with Crippen LogP contribution >= 0.6 is 31.9 Å². The zero-order valence-corrected chi connectivity index (χ0v) is 16.0. The number of phenols is 1. The van der Waals surface area contributed by atoms with Crippen molar-refractivity contribution in [3.63, 3.8) is 0 Å². The van der Waals surface area contributed by atoms with Gasteiger partial charge in [0.25, 0.3) is 0 Å². The van der Waals surface area contributed by atoms with E-state index in [4.69, 9.17) is 8.53 Å². The molecule has 0 radical (unpaired) electrons. The van der Waals surface area contributed by atoms with Gasteiger partial charge in [-0.25, -0.2) is 0 Å². The summed E-state index contributed by atoms with van der Waals surface area (Å²) in [6, 6.07) is 2.03. The Kier molecular flexibility index (Phi) is 3.77. The quantitative estimate of drug-likeness (QED) is 0.510. The molecular weight excluding hydrogens is 440 g/mol. The van der Waals surface area contributed by atoms with Crippen molar-refractivity contribution in [2.24, 2.45) is 0 Å². The fraction of sp³-hybridized carbons (Fsp3) is 0.222. The van der Waals surface area contributed by atoms with Crippen LogP contribution < -0.4 is 0 Å². The van der Waals surface area contributed by atoms with Gasteiger partial charge < -0.3 is 19.7 Å². The lowest BCUT2D eigenvalue weighted by molar-refractivity contribution is 0.160. The van der Waals surface area contributed by atoms with Gasteiger partial charge in [0, 0.05) is 19.9 Å². The molecule has 3 N–H and O–H groups in total. The maximum absolute atomic E-state index is 11.0. The number of rotatable bonds is 3. The van der Waals surface area contributed by atoms with Gasteiger partial charge in [-0.1, -0.05) is 31.9 Å². The minimum absolute atomic E-state index is 0.00437. The number of aliphatic hydroxyl groups excluding tert-OH is 2. The number of furan rings is 1. The lowest BCUT2D eigenvalue weighted by Crippen LogP contribution is -2.04. The zero-order chi connectivity index (χ0) is 20.2. The van der Waals surface area contributed by atoms with E-state index >= 15 is 0 Å². The van der Waals surface area contributed by atoms with Gasteiger partial charge in [-0.15, -0.1) is 0 Å². The number of phenolic OH excluding ortho intramolecular Hbond substituents is 1. The molecule has 0 aliphatic carbocycles. The molecule has 0 bridgehead atoms. The summed E-state index contributed by atoms with van der Waals surface area (Å²) >= 11 is 6.85. The Morgan fingerprint density at radius 3 is 2.38 bits per heavy atom. The van der Waals surface area contributed by atoms with Gasteiger partial charge in [-0.2, -0.15) is 0 Å². The fourth-order valence-electron chi connectivity index (χ4n) is 2.51. The number of fused-ring (bicyclic) bond motifs is 1. The second-order valence-corrected chi connectivity index (χ2v) is 7.20. The van der Waals surface area contributed by atoms with Gasteiger partial charge in [-0.05, 0) is 55.2 Å². The summed E-state index contributed by atoms with van der Waals surface area (Å²) in [4.78, 5) is 0. The van der Waals surface area contributed by atoms with E-state index in [1.165, 1.54) is 6.92 Å². The van der Waals surface area contributed by atoms with E-state index in [0.717, 1.165) is 14.5 Å². The number of benzene rings is 2. The van der Waals surface area contributed by atoms with Crippen molar-refractivity contribution in [2.75, 3.05) is 0 Å². The molecule has 0 aliphatic heterocycles. The minimum atomic E-state index is -1.29. The van der Waals surface area contributed by atoms with Crippen LogP contribution in [0.3, 0.4) is 0 Å². The molecule has 126 valence electrons. The molecule has 2 atom stereocenters. The topological polar surface area (TPSA) is 73.8 Å². The average molecular weight is 459 g/mol. The third-order valence-electron chi connectivity index (χ3n) is 3.78. The Balaban J connectivity index is 2.38. The molecule has 1 heterocycles. The minimum Gasteiger partial charge on any atom is -0.508 e. The van der Waals surface area contributed by atoms with Gasteiger partial charge in [-0.3, -0.25) is 0 Å². The van der Waals surface area contributed by atoms with Crippen LogP contribution in [0.1, 0.15) is 45.7 Å². The van der Waals surface area contributed by atoms with Crippen molar-refractivity contribution < 1.29 is 23.8 Å². The summed E-state index contributed by atoms with van der Waals surface area (Å²) < 4.78 is 31.0. The van der Waals surface area contributed by atoms with Crippen molar-refractivity contribution >= 4 is 42.8 Å². The molecule has 4 nitrogen and oxygen atoms in total.